The SMILES string of the molecule is CC(CC(C)(N)CO)Sc1ccc(F)cc1. The zero-order chi connectivity index (χ0) is 12.2. The summed E-state index contributed by atoms with van der Waals surface area (Å²) in [6, 6.07) is 6.40. The van der Waals surface area contributed by atoms with Gasteiger partial charge in [-0.15, -0.1) is 11.8 Å². The lowest BCUT2D eigenvalue weighted by atomic mass is 9.99. The highest BCUT2D eigenvalue weighted by Crippen LogP contribution is 2.27. The smallest absolute Gasteiger partial charge is 0.123 e. The Morgan fingerprint density at radius 2 is 2.00 bits per heavy atom. The molecule has 2 unspecified atom stereocenters. The number of hydrogen-bond donors (Lipinski definition) is 2. The summed E-state index contributed by atoms with van der Waals surface area (Å²) in [6.45, 7) is 3.85. The number of hydrogen-bond acceptors (Lipinski definition) is 3. The molecule has 16 heavy (non-hydrogen) atoms. The number of nitrogens with two attached hydrogens (primary N) is 1. The minimum Gasteiger partial charge on any atom is -0.394 e. The molecular formula is C12H18FNOS. The summed E-state index contributed by atoms with van der Waals surface area (Å²) >= 11 is 1.64. The fourth-order valence-corrected chi connectivity index (χ4v) is 2.73. The lowest BCUT2D eigenvalue weighted by molar-refractivity contribution is 0.201. The van der Waals surface area contributed by atoms with Crippen LogP contribution in [0.3, 0.4) is 0 Å². The Hall–Kier alpha value is -0.580. The second-order valence-electron chi connectivity index (χ2n) is 4.40. The van der Waals surface area contributed by atoms with Gasteiger partial charge in [0.2, 0.25) is 0 Å². The van der Waals surface area contributed by atoms with Gasteiger partial charge in [0.05, 0.1) is 6.61 Å². The summed E-state index contributed by atoms with van der Waals surface area (Å²) in [5.74, 6) is -0.226. The van der Waals surface area contributed by atoms with Gasteiger partial charge in [0.25, 0.3) is 0 Å². The van der Waals surface area contributed by atoms with Crippen molar-refractivity contribution in [3.63, 3.8) is 0 Å². The Morgan fingerprint density at radius 1 is 1.44 bits per heavy atom. The lowest BCUT2D eigenvalue weighted by Crippen LogP contribution is -2.42. The van der Waals surface area contributed by atoms with E-state index in [4.69, 9.17) is 10.8 Å². The van der Waals surface area contributed by atoms with Crippen LogP contribution in [-0.2, 0) is 0 Å². The molecule has 0 saturated carbocycles. The maximum atomic E-state index is 12.7. The van der Waals surface area contributed by atoms with E-state index in [9.17, 15) is 4.39 Å². The molecule has 0 aliphatic rings. The van der Waals surface area contributed by atoms with Crippen molar-refractivity contribution < 1.29 is 9.50 Å². The molecule has 0 saturated heterocycles. The molecular weight excluding hydrogens is 225 g/mol. The molecule has 1 aromatic rings. The van der Waals surface area contributed by atoms with Gasteiger partial charge in [-0.2, -0.15) is 0 Å². The third kappa shape index (κ3) is 4.51. The molecule has 3 N–H and O–H groups in total. The van der Waals surface area contributed by atoms with E-state index in [0.29, 0.717) is 6.42 Å². The van der Waals surface area contributed by atoms with Gasteiger partial charge in [-0.05, 0) is 37.6 Å². The average molecular weight is 243 g/mol. The normalized spacial score (nSPS) is 16.8. The van der Waals surface area contributed by atoms with Crippen LogP contribution < -0.4 is 5.73 Å². The van der Waals surface area contributed by atoms with Crippen molar-refractivity contribution in [2.24, 2.45) is 5.73 Å². The molecule has 90 valence electrons. The summed E-state index contributed by atoms with van der Waals surface area (Å²) in [4.78, 5) is 1.02. The summed E-state index contributed by atoms with van der Waals surface area (Å²) in [7, 11) is 0. The standard InChI is InChI=1S/C12H18FNOS/c1-9(7-12(2,14)8-15)16-11-5-3-10(13)4-6-11/h3-6,9,15H,7-8,14H2,1-2H3. The molecule has 0 amide bonds. The second kappa shape index (κ2) is 5.66. The molecule has 0 radical (unpaired) electrons. The van der Waals surface area contributed by atoms with Crippen molar-refractivity contribution in [2.75, 3.05) is 6.61 Å². The van der Waals surface area contributed by atoms with E-state index in [2.05, 4.69) is 6.92 Å². The quantitative estimate of drug-likeness (QED) is 0.781. The van der Waals surface area contributed by atoms with E-state index < -0.39 is 5.54 Å². The van der Waals surface area contributed by atoms with Gasteiger partial charge in [0, 0.05) is 15.7 Å². The minimum absolute atomic E-state index is 0.0265. The van der Waals surface area contributed by atoms with E-state index in [1.54, 1.807) is 23.9 Å². The Bertz CT molecular complexity index is 326. The van der Waals surface area contributed by atoms with Crippen molar-refractivity contribution >= 4 is 11.8 Å². The summed E-state index contributed by atoms with van der Waals surface area (Å²) in [5.41, 5.74) is 5.32. The van der Waals surface area contributed by atoms with Crippen molar-refractivity contribution in [1.82, 2.24) is 0 Å². The Morgan fingerprint density at radius 3 is 2.50 bits per heavy atom. The fourth-order valence-electron chi connectivity index (χ4n) is 1.51. The van der Waals surface area contributed by atoms with Crippen LogP contribution in [0.15, 0.2) is 29.2 Å². The van der Waals surface area contributed by atoms with E-state index >= 15 is 0 Å². The highest BCUT2D eigenvalue weighted by atomic mass is 32.2. The van der Waals surface area contributed by atoms with E-state index in [0.717, 1.165) is 4.90 Å². The molecule has 2 nitrogen and oxygen atoms in total. The Balaban J connectivity index is 2.51. The first-order valence-corrected chi connectivity index (χ1v) is 6.13. The molecule has 0 spiro atoms. The highest BCUT2D eigenvalue weighted by Gasteiger charge is 2.21. The van der Waals surface area contributed by atoms with Crippen molar-refractivity contribution in [3.05, 3.63) is 30.1 Å². The molecule has 1 aromatic carbocycles. The maximum Gasteiger partial charge on any atom is 0.123 e. The first-order chi connectivity index (χ1) is 7.43. The van der Waals surface area contributed by atoms with Crippen molar-refractivity contribution in [3.8, 4) is 0 Å². The van der Waals surface area contributed by atoms with Crippen LogP contribution in [0.1, 0.15) is 20.3 Å². The first kappa shape index (κ1) is 13.5. The van der Waals surface area contributed by atoms with Crippen molar-refractivity contribution in [1.29, 1.82) is 0 Å². The first-order valence-electron chi connectivity index (χ1n) is 5.25. The molecule has 0 aliphatic carbocycles. The summed E-state index contributed by atoms with van der Waals surface area (Å²) < 4.78 is 12.7. The van der Waals surface area contributed by atoms with Crippen LogP contribution in [0.25, 0.3) is 0 Å². The zero-order valence-corrected chi connectivity index (χ0v) is 10.4. The number of benzene rings is 1. The van der Waals surface area contributed by atoms with Gasteiger partial charge in [0.15, 0.2) is 0 Å². The van der Waals surface area contributed by atoms with Gasteiger partial charge >= 0.3 is 0 Å². The van der Waals surface area contributed by atoms with Crippen LogP contribution in [0.2, 0.25) is 0 Å². The van der Waals surface area contributed by atoms with Crippen LogP contribution >= 0.6 is 11.8 Å². The molecule has 0 bridgehead atoms. The third-order valence-electron chi connectivity index (χ3n) is 2.27. The van der Waals surface area contributed by atoms with E-state index in [-0.39, 0.29) is 17.7 Å². The highest BCUT2D eigenvalue weighted by molar-refractivity contribution is 7.99. The van der Waals surface area contributed by atoms with Gasteiger partial charge in [0.1, 0.15) is 5.82 Å². The Kier molecular flexibility index (Phi) is 4.77. The summed E-state index contributed by atoms with van der Waals surface area (Å²) in [6.07, 6.45) is 0.714. The number of aliphatic hydroxyl groups excluding tert-OH is 1. The molecule has 2 atom stereocenters. The second-order valence-corrected chi connectivity index (χ2v) is 5.91. The fraction of sp³-hybridized carbons (Fsp3) is 0.500. The summed E-state index contributed by atoms with van der Waals surface area (Å²) in [5, 5.41) is 9.35. The number of halogens is 1. The van der Waals surface area contributed by atoms with Crippen molar-refractivity contribution in [2.45, 2.75) is 36.0 Å². The van der Waals surface area contributed by atoms with Crippen LogP contribution in [0, 0.1) is 5.82 Å². The molecule has 0 aliphatic heterocycles. The lowest BCUT2D eigenvalue weighted by Gasteiger charge is -2.25. The topological polar surface area (TPSA) is 46.2 Å². The van der Waals surface area contributed by atoms with Crippen LogP contribution in [-0.4, -0.2) is 22.5 Å². The number of rotatable bonds is 5. The van der Waals surface area contributed by atoms with Gasteiger partial charge in [-0.1, -0.05) is 6.92 Å². The van der Waals surface area contributed by atoms with Gasteiger partial charge in [-0.3, -0.25) is 0 Å². The Labute approximate surface area is 100 Å². The molecule has 0 aromatic heterocycles. The average Bonchev–Trinajstić information content (AvgIpc) is 2.21. The zero-order valence-electron chi connectivity index (χ0n) is 9.61. The number of thioether (sulfide) groups is 1. The minimum atomic E-state index is -0.549. The van der Waals surface area contributed by atoms with Crippen LogP contribution in [0.4, 0.5) is 4.39 Å². The molecule has 0 heterocycles. The van der Waals surface area contributed by atoms with E-state index in [1.165, 1.54) is 12.1 Å². The number of aliphatic hydroxyl groups is 1. The molecule has 1 rings (SSSR count). The van der Waals surface area contributed by atoms with E-state index in [1.807, 2.05) is 6.92 Å². The van der Waals surface area contributed by atoms with Gasteiger partial charge in [-0.25, -0.2) is 4.39 Å². The van der Waals surface area contributed by atoms with Crippen LogP contribution in [0.5, 0.6) is 0 Å². The molecule has 4 heteroatoms. The van der Waals surface area contributed by atoms with Gasteiger partial charge < -0.3 is 10.8 Å². The predicted octanol–water partition coefficient (Wildman–Crippen LogP) is 2.41. The third-order valence-corrected chi connectivity index (χ3v) is 3.38. The monoisotopic (exact) mass is 243 g/mol. The molecule has 0 fully saturated rings. The predicted molar refractivity (Wildman–Crippen MR) is 66.0 cm³/mol. The maximum absolute atomic E-state index is 12.7. The largest absolute Gasteiger partial charge is 0.394 e.